The van der Waals surface area contributed by atoms with Gasteiger partial charge in [0.15, 0.2) is 0 Å². The molecule has 1 nitrogen and oxygen atoms in total. The Morgan fingerprint density at radius 1 is 1.17 bits per heavy atom. The number of hydrogen-bond donors (Lipinski definition) is 1. The first-order valence-electron chi connectivity index (χ1n) is 6.84. The number of rotatable bonds is 4. The fourth-order valence-electron chi connectivity index (χ4n) is 2.77. The van der Waals surface area contributed by atoms with Gasteiger partial charge in [0.1, 0.15) is 0 Å². The van der Waals surface area contributed by atoms with Gasteiger partial charge in [0.05, 0.1) is 0 Å². The molecule has 2 rings (SSSR count). The molecule has 0 spiro atoms. The molecule has 0 heterocycles. The molecule has 3 heteroatoms. The summed E-state index contributed by atoms with van der Waals surface area (Å²) in [5.41, 5.74) is 1.02. The van der Waals surface area contributed by atoms with E-state index in [1.807, 2.05) is 18.2 Å². The van der Waals surface area contributed by atoms with Gasteiger partial charge in [-0.3, -0.25) is 0 Å². The third-order valence-electron chi connectivity index (χ3n) is 4.02. The lowest BCUT2D eigenvalue weighted by atomic mass is 9.84. The maximum Gasteiger partial charge on any atom is 0.0465 e. The van der Waals surface area contributed by atoms with Crippen molar-refractivity contribution in [3.63, 3.8) is 0 Å². The minimum absolute atomic E-state index is 0.539. The number of halogens is 2. The molecule has 0 bridgehead atoms. The largest absolute Gasteiger partial charge is 0.310 e. The Morgan fingerprint density at radius 3 is 2.39 bits per heavy atom. The molecule has 1 N–H and O–H groups in total. The Bertz CT molecular complexity index is 366. The van der Waals surface area contributed by atoms with Crippen LogP contribution in [0.2, 0.25) is 10.0 Å². The van der Waals surface area contributed by atoms with Gasteiger partial charge in [0.25, 0.3) is 0 Å². The third kappa shape index (κ3) is 3.63. The Labute approximate surface area is 120 Å². The molecule has 1 aromatic rings. The maximum absolute atomic E-state index is 6.17. The zero-order valence-electron chi connectivity index (χ0n) is 10.9. The highest BCUT2D eigenvalue weighted by molar-refractivity contribution is 6.35. The molecule has 0 radical (unpaired) electrons. The molecule has 0 aromatic heterocycles. The van der Waals surface area contributed by atoms with E-state index in [4.69, 9.17) is 23.2 Å². The lowest BCUT2D eigenvalue weighted by Crippen LogP contribution is -2.34. The van der Waals surface area contributed by atoms with Gasteiger partial charge in [-0.15, -0.1) is 0 Å². The maximum atomic E-state index is 6.17. The van der Waals surface area contributed by atoms with E-state index in [1.54, 1.807) is 0 Å². The molecule has 0 saturated heterocycles. The monoisotopic (exact) mass is 285 g/mol. The van der Waals surface area contributed by atoms with Crippen molar-refractivity contribution in [2.45, 2.75) is 51.6 Å². The first-order chi connectivity index (χ1) is 8.68. The molecule has 1 fully saturated rings. The minimum atomic E-state index is 0.539. The Balaban J connectivity index is 1.90. The molecule has 1 aliphatic carbocycles. The Kier molecular flexibility index (Phi) is 5.35. The zero-order chi connectivity index (χ0) is 13.0. The van der Waals surface area contributed by atoms with Gasteiger partial charge in [0.2, 0.25) is 0 Å². The average molecular weight is 286 g/mol. The molecule has 100 valence electrons. The van der Waals surface area contributed by atoms with Gasteiger partial charge >= 0.3 is 0 Å². The molecular formula is C15H21Cl2N. The van der Waals surface area contributed by atoms with Crippen molar-refractivity contribution in [3.05, 3.63) is 33.8 Å². The number of hydrogen-bond acceptors (Lipinski definition) is 1. The summed E-state index contributed by atoms with van der Waals surface area (Å²) in [6.07, 6.45) is 6.86. The molecule has 1 atom stereocenters. The predicted octanol–water partition coefficient (Wildman–Crippen LogP) is 5.05. The molecular weight excluding hydrogens is 265 g/mol. The van der Waals surface area contributed by atoms with Gasteiger partial charge in [0, 0.05) is 28.2 Å². The minimum Gasteiger partial charge on any atom is -0.310 e. The molecule has 1 aromatic carbocycles. The quantitative estimate of drug-likeness (QED) is 0.816. The van der Waals surface area contributed by atoms with E-state index in [9.17, 15) is 0 Å². The molecule has 1 saturated carbocycles. The highest BCUT2D eigenvalue weighted by Crippen LogP contribution is 2.28. The number of benzene rings is 1. The number of nitrogens with one attached hydrogen (secondary N) is 1. The van der Waals surface area contributed by atoms with Crippen LogP contribution in [0.3, 0.4) is 0 Å². The van der Waals surface area contributed by atoms with Crippen LogP contribution < -0.4 is 5.32 Å². The van der Waals surface area contributed by atoms with Crippen molar-refractivity contribution in [2.24, 2.45) is 5.92 Å². The van der Waals surface area contributed by atoms with Gasteiger partial charge in [-0.1, -0.05) is 48.5 Å². The second-order valence-corrected chi connectivity index (χ2v) is 6.08. The van der Waals surface area contributed by atoms with Crippen LogP contribution in [0, 0.1) is 5.92 Å². The third-order valence-corrected chi connectivity index (χ3v) is 4.73. The summed E-state index contributed by atoms with van der Waals surface area (Å²) in [5, 5.41) is 5.09. The summed E-state index contributed by atoms with van der Waals surface area (Å²) in [4.78, 5) is 0. The van der Waals surface area contributed by atoms with Gasteiger partial charge < -0.3 is 5.32 Å². The fourth-order valence-corrected chi connectivity index (χ4v) is 3.30. The average Bonchev–Trinajstić information content (AvgIpc) is 2.39. The van der Waals surface area contributed by atoms with Gasteiger partial charge in [-0.05, 0) is 37.8 Å². The standard InChI is InChI=1S/C15H21Cl2N/c1-11(12-6-3-2-4-7-12)18-10-13-14(16)8-5-9-15(13)17/h5,8-9,11-12,18H,2-4,6-7,10H2,1H3. The first kappa shape index (κ1) is 14.2. The molecule has 0 amide bonds. The van der Waals surface area contributed by atoms with E-state index in [-0.39, 0.29) is 0 Å². The lowest BCUT2D eigenvalue weighted by molar-refractivity contribution is 0.280. The second-order valence-electron chi connectivity index (χ2n) is 5.27. The summed E-state index contributed by atoms with van der Waals surface area (Å²) in [7, 11) is 0. The van der Waals surface area contributed by atoms with Crippen molar-refractivity contribution in [2.75, 3.05) is 0 Å². The van der Waals surface area contributed by atoms with Crippen LogP contribution >= 0.6 is 23.2 Å². The van der Waals surface area contributed by atoms with E-state index in [2.05, 4.69) is 12.2 Å². The fraction of sp³-hybridized carbons (Fsp3) is 0.600. The zero-order valence-corrected chi connectivity index (χ0v) is 12.4. The molecule has 18 heavy (non-hydrogen) atoms. The summed E-state index contributed by atoms with van der Waals surface area (Å²) >= 11 is 12.3. The van der Waals surface area contributed by atoms with Crippen LogP contribution in [0.5, 0.6) is 0 Å². The van der Waals surface area contributed by atoms with Crippen molar-refractivity contribution in [1.82, 2.24) is 5.32 Å². The SMILES string of the molecule is CC(NCc1c(Cl)cccc1Cl)C1CCCCC1. The topological polar surface area (TPSA) is 12.0 Å². The van der Waals surface area contributed by atoms with Gasteiger partial charge in [-0.2, -0.15) is 0 Å². The van der Waals surface area contributed by atoms with Crippen LogP contribution in [-0.2, 0) is 6.54 Å². The summed E-state index contributed by atoms with van der Waals surface area (Å²) in [6.45, 7) is 3.04. The van der Waals surface area contributed by atoms with Crippen LogP contribution in [-0.4, -0.2) is 6.04 Å². The van der Waals surface area contributed by atoms with E-state index in [0.717, 1.165) is 28.1 Å². The Morgan fingerprint density at radius 2 is 1.78 bits per heavy atom. The lowest BCUT2D eigenvalue weighted by Gasteiger charge is -2.28. The van der Waals surface area contributed by atoms with Gasteiger partial charge in [-0.25, -0.2) is 0 Å². The molecule has 1 aliphatic rings. The highest BCUT2D eigenvalue weighted by atomic mass is 35.5. The first-order valence-corrected chi connectivity index (χ1v) is 7.60. The summed E-state index contributed by atoms with van der Waals surface area (Å²) < 4.78 is 0. The van der Waals surface area contributed by atoms with E-state index >= 15 is 0 Å². The highest BCUT2D eigenvalue weighted by Gasteiger charge is 2.19. The van der Waals surface area contributed by atoms with Crippen LogP contribution in [0.1, 0.15) is 44.6 Å². The van der Waals surface area contributed by atoms with Crippen LogP contribution in [0.15, 0.2) is 18.2 Å². The predicted molar refractivity (Wildman–Crippen MR) is 79.3 cm³/mol. The van der Waals surface area contributed by atoms with E-state index in [0.29, 0.717) is 6.04 Å². The summed E-state index contributed by atoms with van der Waals surface area (Å²) in [6, 6.07) is 6.22. The van der Waals surface area contributed by atoms with Crippen molar-refractivity contribution in [1.29, 1.82) is 0 Å². The second kappa shape index (κ2) is 6.79. The van der Waals surface area contributed by atoms with E-state index < -0.39 is 0 Å². The van der Waals surface area contributed by atoms with Crippen LogP contribution in [0.25, 0.3) is 0 Å². The normalized spacial score (nSPS) is 18.8. The molecule has 0 aliphatic heterocycles. The Hall–Kier alpha value is -0.240. The van der Waals surface area contributed by atoms with Crippen molar-refractivity contribution >= 4 is 23.2 Å². The molecule has 1 unspecified atom stereocenters. The summed E-state index contributed by atoms with van der Waals surface area (Å²) in [5.74, 6) is 0.806. The van der Waals surface area contributed by atoms with E-state index in [1.165, 1.54) is 32.1 Å². The van der Waals surface area contributed by atoms with Crippen molar-refractivity contribution < 1.29 is 0 Å². The smallest absolute Gasteiger partial charge is 0.0465 e. The van der Waals surface area contributed by atoms with Crippen LogP contribution in [0.4, 0.5) is 0 Å². The van der Waals surface area contributed by atoms with Crippen molar-refractivity contribution in [3.8, 4) is 0 Å².